The Balaban J connectivity index is 2.11. The van der Waals surface area contributed by atoms with Gasteiger partial charge in [-0.3, -0.25) is 9.59 Å². The fraction of sp³-hybridized carbons (Fsp3) is 0.529. The van der Waals surface area contributed by atoms with Crippen LogP contribution >= 0.6 is 0 Å². The van der Waals surface area contributed by atoms with Crippen LogP contribution in [0.2, 0.25) is 0 Å². The normalized spacial score (nSPS) is 20.6. The minimum absolute atomic E-state index is 0.0836. The standard InChI is InChI=1S/C17H23FN2O3/c1-3-15(21)20-10-8-17(12-20,9-11-23-2)19-16(22)13-4-6-14(18)7-5-13/h4-7H,3,8-12H2,1-2H3,(H,19,22). The van der Waals surface area contributed by atoms with E-state index in [1.165, 1.54) is 24.3 Å². The summed E-state index contributed by atoms with van der Waals surface area (Å²) in [5.41, 5.74) is -0.0878. The Labute approximate surface area is 135 Å². The summed E-state index contributed by atoms with van der Waals surface area (Å²) in [6.45, 7) is 3.43. The van der Waals surface area contributed by atoms with Crippen molar-refractivity contribution in [2.45, 2.75) is 31.7 Å². The van der Waals surface area contributed by atoms with Crippen LogP contribution in [0, 0.1) is 5.82 Å². The molecule has 1 unspecified atom stereocenters. The number of amides is 2. The van der Waals surface area contributed by atoms with Crippen LogP contribution in [0.5, 0.6) is 0 Å². The predicted octanol–water partition coefficient (Wildman–Crippen LogP) is 1.97. The van der Waals surface area contributed by atoms with Crippen LogP contribution in [0.15, 0.2) is 24.3 Å². The van der Waals surface area contributed by atoms with Gasteiger partial charge in [0, 0.05) is 38.8 Å². The number of nitrogens with one attached hydrogen (secondary N) is 1. The molecular weight excluding hydrogens is 299 g/mol. The Morgan fingerprint density at radius 2 is 2.04 bits per heavy atom. The highest BCUT2D eigenvalue weighted by Crippen LogP contribution is 2.26. The molecule has 0 saturated carbocycles. The number of nitrogens with zero attached hydrogens (tertiary/aromatic N) is 1. The first-order valence-electron chi connectivity index (χ1n) is 7.84. The molecule has 126 valence electrons. The van der Waals surface area contributed by atoms with Crippen molar-refractivity contribution >= 4 is 11.8 Å². The number of carbonyl (C=O) groups excluding carboxylic acids is 2. The number of benzene rings is 1. The maximum Gasteiger partial charge on any atom is 0.251 e. The molecule has 1 aliphatic rings. The average molecular weight is 322 g/mol. The minimum Gasteiger partial charge on any atom is -0.385 e. The Bertz CT molecular complexity index is 561. The van der Waals surface area contributed by atoms with E-state index < -0.39 is 5.54 Å². The van der Waals surface area contributed by atoms with E-state index in [1.54, 1.807) is 12.0 Å². The van der Waals surface area contributed by atoms with Crippen molar-refractivity contribution in [2.75, 3.05) is 26.8 Å². The third-order valence-corrected chi connectivity index (χ3v) is 4.28. The summed E-state index contributed by atoms with van der Waals surface area (Å²) in [5, 5.41) is 3.04. The lowest BCUT2D eigenvalue weighted by atomic mass is 9.94. The van der Waals surface area contributed by atoms with Gasteiger partial charge in [0.1, 0.15) is 5.82 Å². The lowest BCUT2D eigenvalue weighted by Crippen LogP contribution is -2.51. The highest BCUT2D eigenvalue weighted by molar-refractivity contribution is 5.94. The van der Waals surface area contributed by atoms with Gasteiger partial charge >= 0.3 is 0 Å². The molecule has 2 amide bonds. The number of hydrogen-bond acceptors (Lipinski definition) is 3. The first-order chi connectivity index (χ1) is 11.0. The van der Waals surface area contributed by atoms with Crippen LogP contribution in [0.1, 0.15) is 36.5 Å². The van der Waals surface area contributed by atoms with Crippen molar-refractivity contribution < 1.29 is 18.7 Å². The fourth-order valence-corrected chi connectivity index (χ4v) is 2.89. The summed E-state index contributed by atoms with van der Waals surface area (Å²) in [7, 11) is 1.61. The Morgan fingerprint density at radius 3 is 2.65 bits per heavy atom. The molecule has 1 saturated heterocycles. The van der Waals surface area contributed by atoms with E-state index >= 15 is 0 Å². The maximum atomic E-state index is 13.0. The van der Waals surface area contributed by atoms with Crippen molar-refractivity contribution in [3.8, 4) is 0 Å². The van der Waals surface area contributed by atoms with Crippen LogP contribution in [0.25, 0.3) is 0 Å². The van der Waals surface area contributed by atoms with E-state index in [1.807, 2.05) is 6.92 Å². The molecule has 1 fully saturated rings. The largest absolute Gasteiger partial charge is 0.385 e. The summed E-state index contributed by atoms with van der Waals surface area (Å²) in [4.78, 5) is 26.1. The van der Waals surface area contributed by atoms with Gasteiger partial charge in [-0.05, 0) is 37.1 Å². The molecule has 23 heavy (non-hydrogen) atoms. The average Bonchev–Trinajstić information content (AvgIpc) is 2.97. The van der Waals surface area contributed by atoms with Crippen LogP contribution in [-0.2, 0) is 9.53 Å². The summed E-state index contributed by atoms with van der Waals surface area (Å²) in [6, 6.07) is 5.44. The molecule has 1 aromatic carbocycles. The zero-order valence-electron chi connectivity index (χ0n) is 13.6. The third kappa shape index (κ3) is 4.28. The van der Waals surface area contributed by atoms with Gasteiger partial charge in [-0.25, -0.2) is 4.39 Å². The van der Waals surface area contributed by atoms with Gasteiger partial charge < -0.3 is 15.0 Å². The molecule has 0 radical (unpaired) electrons. The highest BCUT2D eigenvalue weighted by Gasteiger charge is 2.40. The molecule has 1 aliphatic heterocycles. The molecule has 0 aliphatic carbocycles. The third-order valence-electron chi connectivity index (χ3n) is 4.28. The maximum absolute atomic E-state index is 13.0. The first kappa shape index (κ1) is 17.4. The number of ether oxygens (including phenoxy) is 1. The number of likely N-dealkylation sites (tertiary alicyclic amines) is 1. The lowest BCUT2D eigenvalue weighted by molar-refractivity contribution is -0.130. The summed E-state index contributed by atoms with van der Waals surface area (Å²) in [5.74, 6) is -0.552. The van der Waals surface area contributed by atoms with E-state index in [2.05, 4.69) is 5.32 Å². The molecular formula is C17H23FN2O3. The van der Waals surface area contributed by atoms with Crippen molar-refractivity contribution in [1.82, 2.24) is 10.2 Å². The molecule has 1 heterocycles. The topological polar surface area (TPSA) is 58.6 Å². The van der Waals surface area contributed by atoms with Gasteiger partial charge in [-0.1, -0.05) is 6.92 Å². The molecule has 0 spiro atoms. The molecule has 2 rings (SSSR count). The molecule has 0 aromatic heterocycles. The van der Waals surface area contributed by atoms with E-state index in [9.17, 15) is 14.0 Å². The molecule has 1 aromatic rings. The molecule has 5 nitrogen and oxygen atoms in total. The van der Waals surface area contributed by atoms with E-state index in [-0.39, 0.29) is 17.6 Å². The SMILES string of the molecule is CCC(=O)N1CCC(CCOC)(NC(=O)c2ccc(F)cc2)C1. The van der Waals surface area contributed by atoms with E-state index in [0.29, 0.717) is 44.5 Å². The zero-order chi connectivity index (χ0) is 16.9. The van der Waals surface area contributed by atoms with Crippen LogP contribution in [-0.4, -0.2) is 49.1 Å². The molecule has 1 N–H and O–H groups in total. The summed E-state index contributed by atoms with van der Waals surface area (Å²) >= 11 is 0. The van der Waals surface area contributed by atoms with Gasteiger partial charge in [0.25, 0.3) is 5.91 Å². The van der Waals surface area contributed by atoms with Crippen molar-refractivity contribution in [2.24, 2.45) is 0 Å². The number of methoxy groups -OCH3 is 1. The van der Waals surface area contributed by atoms with Crippen LogP contribution in [0.4, 0.5) is 4.39 Å². The van der Waals surface area contributed by atoms with Crippen LogP contribution in [0.3, 0.4) is 0 Å². The fourth-order valence-electron chi connectivity index (χ4n) is 2.89. The van der Waals surface area contributed by atoms with Gasteiger partial charge in [0.2, 0.25) is 5.91 Å². The highest BCUT2D eigenvalue weighted by atomic mass is 19.1. The zero-order valence-corrected chi connectivity index (χ0v) is 13.6. The second kappa shape index (κ2) is 7.55. The Hall–Kier alpha value is -1.95. The summed E-state index contributed by atoms with van der Waals surface area (Å²) < 4.78 is 18.1. The number of carbonyl (C=O) groups is 2. The predicted molar refractivity (Wildman–Crippen MR) is 84.6 cm³/mol. The Morgan fingerprint density at radius 1 is 1.35 bits per heavy atom. The first-order valence-corrected chi connectivity index (χ1v) is 7.84. The molecule has 0 bridgehead atoms. The minimum atomic E-state index is -0.494. The second-order valence-electron chi connectivity index (χ2n) is 5.90. The van der Waals surface area contributed by atoms with E-state index in [0.717, 1.165) is 0 Å². The van der Waals surface area contributed by atoms with Crippen molar-refractivity contribution in [3.63, 3.8) is 0 Å². The number of rotatable bonds is 6. The van der Waals surface area contributed by atoms with E-state index in [4.69, 9.17) is 4.74 Å². The van der Waals surface area contributed by atoms with Gasteiger partial charge in [-0.15, -0.1) is 0 Å². The second-order valence-corrected chi connectivity index (χ2v) is 5.90. The van der Waals surface area contributed by atoms with Gasteiger partial charge in [-0.2, -0.15) is 0 Å². The smallest absolute Gasteiger partial charge is 0.251 e. The van der Waals surface area contributed by atoms with Crippen molar-refractivity contribution in [3.05, 3.63) is 35.6 Å². The number of hydrogen-bond donors (Lipinski definition) is 1. The van der Waals surface area contributed by atoms with Crippen LogP contribution < -0.4 is 5.32 Å². The quantitative estimate of drug-likeness (QED) is 0.871. The lowest BCUT2D eigenvalue weighted by Gasteiger charge is -2.30. The van der Waals surface area contributed by atoms with Gasteiger partial charge in [0.05, 0.1) is 5.54 Å². The summed E-state index contributed by atoms with van der Waals surface area (Å²) in [6.07, 6.45) is 1.77. The Kier molecular flexibility index (Phi) is 5.71. The monoisotopic (exact) mass is 322 g/mol. The number of halogens is 1. The van der Waals surface area contributed by atoms with Crippen molar-refractivity contribution in [1.29, 1.82) is 0 Å². The molecule has 1 atom stereocenters. The molecule has 6 heteroatoms. The van der Waals surface area contributed by atoms with Gasteiger partial charge in [0.15, 0.2) is 0 Å².